The normalized spacial score (nSPS) is 21.6. The van der Waals surface area contributed by atoms with E-state index in [1.165, 1.54) is 0 Å². The van der Waals surface area contributed by atoms with Crippen LogP contribution in [0.5, 0.6) is 0 Å². The van der Waals surface area contributed by atoms with Crippen LogP contribution in [-0.4, -0.2) is 54.4 Å². The molecule has 1 fully saturated rings. The van der Waals surface area contributed by atoms with Crippen molar-refractivity contribution in [2.24, 2.45) is 5.41 Å². The van der Waals surface area contributed by atoms with Crippen LogP contribution in [-0.2, 0) is 19.4 Å². The molecule has 0 radical (unpaired) electrons. The maximum absolute atomic E-state index is 12.3. The number of carbonyl (C=O) groups excluding carboxylic acids is 1. The molecule has 1 aliphatic heterocycles. The molecular formula is C13H23NO5S. The van der Waals surface area contributed by atoms with Gasteiger partial charge in [0.15, 0.2) is 9.84 Å². The highest BCUT2D eigenvalue weighted by atomic mass is 32.2. The number of sulfone groups is 1. The number of hydrogen-bond acceptors (Lipinski definition) is 4. The fraction of sp³-hybridized carbons (Fsp3) is 0.846. The van der Waals surface area contributed by atoms with Gasteiger partial charge in [0.2, 0.25) is 5.91 Å². The number of carboxylic acid groups (broad SMARTS) is 1. The number of aliphatic carboxylic acids is 1. The maximum Gasteiger partial charge on any atom is 0.303 e. The zero-order chi connectivity index (χ0) is 15.6. The predicted molar refractivity (Wildman–Crippen MR) is 75.1 cm³/mol. The van der Waals surface area contributed by atoms with Crippen LogP contribution in [0.4, 0.5) is 0 Å². The van der Waals surface area contributed by atoms with E-state index in [9.17, 15) is 18.0 Å². The van der Waals surface area contributed by atoms with Gasteiger partial charge in [-0.2, -0.15) is 0 Å². The Morgan fingerprint density at radius 1 is 1.30 bits per heavy atom. The Morgan fingerprint density at radius 3 is 2.30 bits per heavy atom. The minimum absolute atomic E-state index is 0.0198. The SMILES string of the molecule is CCN(C(=O)CC(C)(C)CC(=O)O)C1CCS(=O)(=O)C1. The zero-order valence-corrected chi connectivity index (χ0v) is 13.1. The first-order chi connectivity index (χ1) is 9.06. The fourth-order valence-corrected chi connectivity index (χ4v) is 4.37. The van der Waals surface area contributed by atoms with Gasteiger partial charge in [0.1, 0.15) is 0 Å². The van der Waals surface area contributed by atoms with Crippen molar-refractivity contribution in [1.82, 2.24) is 4.90 Å². The Bertz CT molecular complexity index is 483. The average Bonchev–Trinajstić information content (AvgIpc) is 2.56. The van der Waals surface area contributed by atoms with Crippen molar-refractivity contribution in [3.05, 3.63) is 0 Å². The molecule has 1 atom stereocenters. The summed E-state index contributed by atoms with van der Waals surface area (Å²) in [4.78, 5) is 24.7. The number of amides is 1. The topological polar surface area (TPSA) is 91.8 Å². The second-order valence-corrected chi connectivity index (χ2v) is 8.38. The largest absolute Gasteiger partial charge is 0.481 e. The van der Waals surface area contributed by atoms with Gasteiger partial charge in [0.05, 0.1) is 17.9 Å². The highest BCUT2D eigenvalue weighted by molar-refractivity contribution is 7.91. The number of rotatable bonds is 6. The van der Waals surface area contributed by atoms with E-state index in [0.717, 1.165) is 0 Å². The molecule has 116 valence electrons. The fourth-order valence-electron chi connectivity index (χ4n) is 2.64. The van der Waals surface area contributed by atoms with Gasteiger partial charge in [0.25, 0.3) is 0 Å². The molecule has 6 nitrogen and oxygen atoms in total. The molecule has 1 amide bonds. The molecule has 20 heavy (non-hydrogen) atoms. The maximum atomic E-state index is 12.3. The van der Waals surface area contributed by atoms with Gasteiger partial charge < -0.3 is 10.0 Å². The van der Waals surface area contributed by atoms with Gasteiger partial charge in [-0.05, 0) is 18.8 Å². The van der Waals surface area contributed by atoms with Gasteiger partial charge in [-0.15, -0.1) is 0 Å². The molecule has 0 aromatic carbocycles. The molecule has 0 spiro atoms. The van der Waals surface area contributed by atoms with Gasteiger partial charge in [-0.25, -0.2) is 8.42 Å². The lowest BCUT2D eigenvalue weighted by molar-refractivity contribution is -0.141. The summed E-state index contributed by atoms with van der Waals surface area (Å²) in [5.41, 5.74) is -0.631. The summed E-state index contributed by atoms with van der Waals surface area (Å²) < 4.78 is 23.0. The van der Waals surface area contributed by atoms with Crippen LogP contribution in [0.2, 0.25) is 0 Å². The van der Waals surface area contributed by atoms with Crippen LogP contribution < -0.4 is 0 Å². The first kappa shape index (κ1) is 16.9. The third kappa shape index (κ3) is 4.77. The van der Waals surface area contributed by atoms with Crippen molar-refractivity contribution in [2.45, 2.75) is 46.1 Å². The van der Waals surface area contributed by atoms with Crippen molar-refractivity contribution in [3.8, 4) is 0 Å². The summed E-state index contributed by atoms with van der Waals surface area (Å²) in [6.07, 6.45) is 0.504. The van der Waals surface area contributed by atoms with Crippen LogP contribution in [0, 0.1) is 5.41 Å². The van der Waals surface area contributed by atoms with E-state index in [1.807, 2.05) is 6.92 Å². The number of carbonyl (C=O) groups is 2. The van der Waals surface area contributed by atoms with Crippen molar-refractivity contribution in [2.75, 3.05) is 18.1 Å². The van der Waals surface area contributed by atoms with Crippen molar-refractivity contribution >= 4 is 21.7 Å². The molecule has 0 aromatic heterocycles. The van der Waals surface area contributed by atoms with E-state index in [4.69, 9.17) is 5.11 Å². The molecule has 0 bridgehead atoms. The van der Waals surface area contributed by atoms with Crippen LogP contribution in [0.15, 0.2) is 0 Å². The van der Waals surface area contributed by atoms with Crippen LogP contribution in [0.3, 0.4) is 0 Å². The Morgan fingerprint density at radius 2 is 1.90 bits per heavy atom. The number of carboxylic acids is 1. The number of hydrogen-bond donors (Lipinski definition) is 1. The smallest absolute Gasteiger partial charge is 0.303 e. The second kappa shape index (κ2) is 6.11. The summed E-state index contributed by atoms with van der Waals surface area (Å²) in [5.74, 6) is -0.957. The Labute approximate surface area is 120 Å². The minimum Gasteiger partial charge on any atom is -0.481 e. The summed E-state index contributed by atoms with van der Waals surface area (Å²) in [7, 11) is -3.03. The summed E-state index contributed by atoms with van der Waals surface area (Å²) in [6.45, 7) is 5.73. The van der Waals surface area contributed by atoms with Crippen molar-refractivity contribution in [3.63, 3.8) is 0 Å². The lowest BCUT2D eigenvalue weighted by Crippen LogP contribution is -2.42. The van der Waals surface area contributed by atoms with Gasteiger partial charge in [-0.1, -0.05) is 13.8 Å². The van der Waals surface area contributed by atoms with Crippen LogP contribution in [0.25, 0.3) is 0 Å². The summed E-state index contributed by atoms with van der Waals surface area (Å²) in [5, 5.41) is 8.83. The first-order valence-electron chi connectivity index (χ1n) is 6.78. The van der Waals surface area contributed by atoms with Gasteiger partial charge in [0, 0.05) is 19.0 Å². The monoisotopic (exact) mass is 305 g/mol. The molecule has 7 heteroatoms. The van der Waals surface area contributed by atoms with E-state index in [2.05, 4.69) is 0 Å². The second-order valence-electron chi connectivity index (χ2n) is 6.15. The lowest BCUT2D eigenvalue weighted by Gasteiger charge is -2.31. The lowest BCUT2D eigenvalue weighted by atomic mass is 9.85. The summed E-state index contributed by atoms with van der Waals surface area (Å²) in [6, 6.07) is -0.266. The van der Waals surface area contributed by atoms with E-state index in [0.29, 0.717) is 13.0 Å². The first-order valence-corrected chi connectivity index (χ1v) is 8.60. The third-order valence-corrected chi connectivity index (χ3v) is 5.32. The zero-order valence-electron chi connectivity index (χ0n) is 12.3. The van der Waals surface area contributed by atoms with Crippen LogP contribution >= 0.6 is 0 Å². The molecule has 0 aromatic rings. The molecule has 1 unspecified atom stereocenters. The Balaban J connectivity index is 2.71. The number of nitrogens with zero attached hydrogens (tertiary/aromatic N) is 1. The van der Waals surface area contributed by atoms with Crippen molar-refractivity contribution < 1.29 is 23.1 Å². The van der Waals surface area contributed by atoms with Gasteiger partial charge >= 0.3 is 5.97 Å². The molecular weight excluding hydrogens is 282 g/mol. The Kier molecular flexibility index (Phi) is 5.18. The predicted octanol–water partition coefficient (Wildman–Crippen LogP) is 0.913. The molecule has 1 rings (SSSR count). The highest BCUT2D eigenvalue weighted by Gasteiger charge is 2.35. The van der Waals surface area contributed by atoms with E-state index < -0.39 is 21.2 Å². The van der Waals surface area contributed by atoms with Gasteiger partial charge in [-0.3, -0.25) is 9.59 Å². The van der Waals surface area contributed by atoms with E-state index in [1.54, 1.807) is 18.7 Å². The average molecular weight is 305 g/mol. The molecule has 1 heterocycles. The van der Waals surface area contributed by atoms with Crippen LogP contribution in [0.1, 0.15) is 40.0 Å². The minimum atomic E-state index is -3.03. The van der Waals surface area contributed by atoms with Crippen molar-refractivity contribution in [1.29, 1.82) is 0 Å². The Hall–Kier alpha value is -1.11. The molecule has 1 saturated heterocycles. The van der Waals surface area contributed by atoms with E-state index in [-0.39, 0.29) is 36.3 Å². The van der Waals surface area contributed by atoms with E-state index >= 15 is 0 Å². The highest BCUT2D eigenvalue weighted by Crippen LogP contribution is 2.27. The molecule has 0 aliphatic carbocycles. The third-order valence-electron chi connectivity index (χ3n) is 3.57. The standard InChI is InChI=1S/C13H23NO5S/c1-4-14(10-5-6-20(18,19)9-10)11(15)7-13(2,3)8-12(16)17/h10H,4-9H2,1-3H3,(H,16,17). The molecule has 0 saturated carbocycles. The molecule has 1 N–H and O–H groups in total. The molecule has 1 aliphatic rings. The quantitative estimate of drug-likeness (QED) is 0.787. The summed E-state index contributed by atoms with van der Waals surface area (Å²) >= 11 is 0.